The van der Waals surface area contributed by atoms with E-state index in [-0.39, 0.29) is 17.8 Å². The molecule has 1 fully saturated rings. The van der Waals surface area contributed by atoms with Crippen molar-refractivity contribution in [3.63, 3.8) is 0 Å². The number of nitrogens with zero attached hydrogens (tertiary/aromatic N) is 1. The number of nitrogens with one attached hydrogen (secondary N) is 1. The van der Waals surface area contributed by atoms with Crippen molar-refractivity contribution in [1.29, 1.82) is 0 Å². The van der Waals surface area contributed by atoms with Crippen LogP contribution in [-0.2, 0) is 0 Å². The number of piperazine rings is 1. The number of halogens is 1. The number of rotatable bonds is 1. The van der Waals surface area contributed by atoms with Crippen LogP contribution in [0.25, 0.3) is 10.1 Å². The summed E-state index contributed by atoms with van der Waals surface area (Å²) < 4.78 is 14.1. The molecular formula is C14H15FN2OS. The molecule has 0 bridgehead atoms. The van der Waals surface area contributed by atoms with Crippen molar-refractivity contribution in [2.24, 2.45) is 0 Å². The fourth-order valence-electron chi connectivity index (χ4n) is 2.40. The zero-order chi connectivity index (χ0) is 13.4. The van der Waals surface area contributed by atoms with Crippen LogP contribution in [-0.4, -0.2) is 36.5 Å². The van der Waals surface area contributed by atoms with Crippen molar-refractivity contribution in [3.8, 4) is 0 Å². The lowest BCUT2D eigenvalue weighted by molar-refractivity contribution is 0.0661. The van der Waals surface area contributed by atoms with Crippen LogP contribution in [0.4, 0.5) is 4.39 Å². The summed E-state index contributed by atoms with van der Waals surface area (Å²) in [4.78, 5) is 15.1. The van der Waals surface area contributed by atoms with E-state index >= 15 is 0 Å². The van der Waals surface area contributed by atoms with Gasteiger partial charge < -0.3 is 10.2 Å². The maximum absolute atomic E-state index is 13.2. The molecule has 0 unspecified atom stereocenters. The topological polar surface area (TPSA) is 32.3 Å². The van der Waals surface area contributed by atoms with Crippen molar-refractivity contribution in [1.82, 2.24) is 10.2 Å². The molecule has 1 aromatic heterocycles. The fourth-order valence-corrected chi connectivity index (χ4v) is 3.40. The van der Waals surface area contributed by atoms with Crippen molar-refractivity contribution >= 4 is 27.3 Å². The Kier molecular flexibility index (Phi) is 3.24. The van der Waals surface area contributed by atoms with Gasteiger partial charge in [0.1, 0.15) is 5.82 Å². The van der Waals surface area contributed by atoms with Gasteiger partial charge in [0.2, 0.25) is 0 Å². The number of benzene rings is 1. The predicted octanol–water partition coefficient (Wildman–Crippen LogP) is 2.47. The largest absolute Gasteiger partial charge is 0.333 e. The fraction of sp³-hybridized carbons (Fsp3) is 0.357. The molecule has 100 valence electrons. The summed E-state index contributed by atoms with van der Waals surface area (Å²) >= 11 is 1.43. The van der Waals surface area contributed by atoms with Crippen LogP contribution >= 0.6 is 11.3 Å². The summed E-state index contributed by atoms with van der Waals surface area (Å²) in [6, 6.07) is 6.63. The predicted molar refractivity (Wildman–Crippen MR) is 75.2 cm³/mol. The molecule has 1 saturated heterocycles. The second-order valence-electron chi connectivity index (χ2n) is 4.84. The molecule has 1 aliphatic rings. The maximum Gasteiger partial charge on any atom is 0.264 e. The molecule has 3 nitrogen and oxygen atoms in total. The molecule has 1 aromatic carbocycles. The van der Waals surface area contributed by atoms with E-state index in [1.165, 1.54) is 23.5 Å². The Morgan fingerprint density at radius 1 is 1.47 bits per heavy atom. The van der Waals surface area contributed by atoms with E-state index in [4.69, 9.17) is 0 Å². The van der Waals surface area contributed by atoms with E-state index in [1.54, 1.807) is 12.1 Å². The summed E-state index contributed by atoms with van der Waals surface area (Å²) in [6.45, 7) is 4.42. The summed E-state index contributed by atoms with van der Waals surface area (Å²) in [6.07, 6.45) is 0. The zero-order valence-electron chi connectivity index (χ0n) is 10.6. The Bertz CT molecular complexity index is 625. The third-order valence-electron chi connectivity index (χ3n) is 3.45. The van der Waals surface area contributed by atoms with Crippen molar-refractivity contribution in [2.75, 3.05) is 19.6 Å². The average Bonchev–Trinajstić information content (AvgIpc) is 2.81. The summed E-state index contributed by atoms with van der Waals surface area (Å²) in [7, 11) is 0. The minimum Gasteiger partial charge on any atom is -0.333 e. The molecule has 1 N–H and O–H groups in total. The second kappa shape index (κ2) is 4.90. The van der Waals surface area contributed by atoms with E-state index in [2.05, 4.69) is 5.32 Å². The van der Waals surface area contributed by atoms with Crippen molar-refractivity contribution in [2.45, 2.75) is 13.0 Å². The molecule has 0 aliphatic carbocycles. The van der Waals surface area contributed by atoms with Crippen LogP contribution in [0.3, 0.4) is 0 Å². The minimum absolute atomic E-state index is 0.0515. The van der Waals surface area contributed by atoms with Crippen molar-refractivity contribution < 1.29 is 9.18 Å². The number of amides is 1. The van der Waals surface area contributed by atoms with Gasteiger partial charge in [-0.15, -0.1) is 11.3 Å². The van der Waals surface area contributed by atoms with Gasteiger partial charge in [-0.1, -0.05) is 0 Å². The van der Waals surface area contributed by atoms with Gasteiger partial charge in [0.05, 0.1) is 4.88 Å². The van der Waals surface area contributed by atoms with Gasteiger partial charge in [0.15, 0.2) is 0 Å². The number of hydrogen-bond acceptors (Lipinski definition) is 3. The number of thiophene rings is 1. The summed E-state index contributed by atoms with van der Waals surface area (Å²) in [5.74, 6) is -0.213. The number of hydrogen-bond donors (Lipinski definition) is 1. The highest BCUT2D eigenvalue weighted by Gasteiger charge is 2.25. The molecule has 19 heavy (non-hydrogen) atoms. The molecule has 1 aliphatic heterocycles. The van der Waals surface area contributed by atoms with Crippen LogP contribution in [0, 0.1) is 5.82 Å². The van der Waals surface area contributed by atoms with Gasteiger partial charge in [-0.3, -0.25) is 4.79 Å². The van der Waals surface area contributed by atoms with E-state index in [0.29, 0.717) is 4.88 Å². The Morgan fingerprint density at radius 3 is 3.11 bits per heavy atom. The summed E-state index contributed by atoms with van der Waals surface area (Å²) in [5.41, 5.74) is 0. The maximum atomic E-state index is 13.2. The van der Waals surface area contributed by atoms with Crippen LogP contribution in [0.2, 0.25) is 0 Å². The molecule has 3 rings (SSSR count). The molecular weight excluding hydrogens is 263 g/mol. The van der Waals surface area contributed by atoms with Gasteiger partial charge in [-0.25, -0.2) is 4.39 Å². The van der Waals surface area contributed by atoms with E-state index in [9.17, 15) is 9.18 Å². The smallest absolute Gasteiger partial charge is 0.264 e. The first-order valence-corrected chi connectivity index (χ1v) is 7.17. The SMILES string of the molecule is C[C@H]1CNCCN1C(=O)c1cc2cc(F)ccc2s1. The summed E-state index contributed by atoms with van der Waals surface area (Å²) in [5, 5.41) is 4.07. The quantitative estimate of drug-likeness (QED) is 0.869. The molecule has 2 heterocycles. The van der Waals surface area contributed by atoms with Crippen LogP contribution in [0.5, 0.6) is 0 Å². The van der Waals surface area contributed by atoms with Crippen LogP contribution in [0.15, 0.2) is 24.3 Å². The van der Waals surface area contributed by atoms with Gasteiger partial charge in [-0.2, -0.15) is 0 Å². The minimum atomic E-state index is -0.264. The monoisotopic (exact) mass is 278 g/mol. The normalized spacial score (nSPS) is 19.9. The number of carbonyl (C=O) groups excluding carboxylic acids is 1. The van der Waals surface area contributed by atoms with E-state index in [0.717, 1.165) is 29.7 Å². The highest BCUT2D eigenvalue weighted by Crippen LogP contribution is 2.27. The third kappa shape index (κ3) is 2.35. The Hall–Kier alpha value is -1.46. The lowest BCUT2D eigenvalue weighted by Crippen LogP contribution is -2.52. The van der Waals surface area contributed by atoms with E-state index in [1.807, 2.05) is 11.8 Å². The first-order valence-electron chi connectivity index (χ1n) is 6.36. The molecule has 2 aromatic rings. The first kappa shape index (κ1) is 12.6. The third-order valence-corrected chi connectivity index (χ3v) is 4.56. The highest BCUT2D eigenvalue weighted by atomic mass is 32.1. The lowest BCUT2D eigenvalue weighted by atomic mass is 10.2. The molecule has 1 amide bonds. The highest BCUT2D eigenvalue weighted by molar-refractivity contribution is 7.20. The Morgan fingerprint density at radius 2 is 2.32 bits per heavy atom. The van der Waals surface area contributed by atoms with Gasteiger partial charge in [0.25, 0.3) is 5.91 Å². The van der Waals surface area contributed by atoms with Crippen molar-refractivity contribution in [3.05, 3.63) is 35.0 Å². The Balaban J connectivity index is 1.92. The number of carbonyl (C=O) groups is 1. The number of fused-ring (bicyclic) bond motifs is 1. The molecule has 1 atom stereocenters. The molecule has 5 heteroatoms. The molecule has 0 spiro atoms. The zero-order valence-corrected chi connectivity index (χ0v) is 11.5. The van der Waals surface area contributed by atoms with Crippen LogP contribution < -0.4 is 5.32 Å². The molecule has 0 radical (unpaired) electrons. The first-order chi connectivity index (χ1) is 9.15. The van der Waals surface area contributed by atoms with Crippen LogP contribution in [0.1, 0.15) is 16.6 Å². The van der Waals surface area contributed by atoms with E-state index < -0.39 is 0 Å². The second-order valence-corrected chi connectivity index (χ2v) is 5.93. The van der Waals surface area contributed by atoms with Gasteiger partial charge in [0, 0.05) is 30.4 Å². The lowest BCUT2D eigenvalue weighted by Gasteiger charge is -2.33. The van der Waals surface area contributed by atoms with Gasteiger partial charge >= 0.3 is 0 Å². The Labute approximate surface area is 115 Å². The molecule has 0 saturated carbocycles. The average molecular weight is 278 g/mol. The standard InChI is InChI=1S/C14H15FN2OS/c1-9-8-16-4-5-17(9)14(18)13-7-10-6-11(15)2-3-12(10)19-13/h2-3,6-7,9,16H,4-5,8H2,1H3/t9-/m0/s1. The van der Waals surface area contributed by atoms with Gasteiger partial charge in [-0.05, 0) is 36.6 Å².